The SMILES string of the molecule is CCn1cc(Br)cc1C(=O)N1CC(C)CC(C)C1C. The van der Waals surface area contributed by atoms with Crippen LogP contribution in [0.25, 0.3) is 0 Å². The summed E-state index contributed by atoms with van der Waals surface area (Å²) in [7, 11) is 0. The third kappa shape index (κ3) is 2.88. The molecule has 3 unspecified atom stereocenters. The molecule has 1 aliphatic heterocycles. The van der Waals surface area contributed by atoms with Crippen LogP contribution >= 0.6 is 15.9 Å². The average Bonchev–Trinajstić information content (AvgIpc) is 2.74. The average molecular weight is 327 g/mol. The maximum Gasteiger partial charge on any atom is 0.270 e. The molecular formula is C15H23BrN2O. The van der Waals surface area contributed by atoms with Gasteiger partial charge in [-0.25, -0.2) is 0 Å². The molecule has 1 aliphatic rings. The Hall–Kier alpha value is -0.770. The van der Waals surface area contributed by atoms with Crippen molar-refractivity contribution in [1.82, 2.24) is 9.47 Å². The highest BCUT2D eigenvalue weighted by Crippen LogP contribution is 2.29. The minimum Gasteiger partial charge on any atom is -0.343 e. The van der Waals surface area contributed by atoms with E-state index in [9.17, 15) is 4.79 Å². The van der Waals surface area contributed by atoms with Crippen LogP contribution in [0.5, 0.6) is 0 Å². The van der Waals surface area contributed by atoms with Crippen LogP contribution in [0.15, 0.2) is 16.7 Å². The molecule has 2 rings (SSSR count). The number of hydrogen-bond donors (Lipinski definition) is 0. The summed E-state index contributed by atoms with van der Waals surface area (Å²) < 4.78 is 2.99. The Morgan fingerprint density at radius 3 is 2.74 bits per heavy atom. The molecule has 0 saturated carbocycles. The van der Waals surface area contributed by atoms with E-state index in [4.69, 9.17) is 0 Å². The lowest BCUT2D eigenvalue weighted by atomic mass is 9.86. The van der Waals surface area contributed by atoms with Crippen LogP contribution in [-0.4, -0.2) is 28.0 Å². The number of aryl methyl sites for hydroxylation is 1. The number of aromatic nitrogens is 1. The predicted molar refractivity (Wildman–Crippen MR) is 81.2 cm³/mol. The Kier molecular flexibility index (Phi) is 4.39. The van der Waals surface area contributed by atoms with Gasteiger partial charge in [-0.05, 0) is 54.1 Å². The van der Waals surface area contributed by atoms with E-state index in [0.717, 1.165) is 23.3 Å². The second kappa shape index (κ2) is 5.70. The smallest absolute Gasteiger partial charge is 0.270 e. The number of nitrogens with zero attached hydrogens (tertiary/aromatic N) is 2. The number of piperidine rings is 1. The molecule has 0 spiro atoms. The van der Waals surface area contributed by atoms with Crippen LogP contribution in [0, 0.1) is 11.8 Å². The Labute approximate surface area is 124 Å². The lowest BCUT2D eigenvalue weighted by Gasteiger charge is -2.41. The fourth-order valence-corrected chi connectivity index (χ4v) is 3.51. The van der Waals surface area contributed by atoms with E-state index in [0.29, 0.717) is 17.9 Å². The molecule has 3 nitrogen and oxygen atoms in total. The van der Waals surface area contributed by atoms with Crippen LogP contribution in [-0.2, 0) is 6.54 Å². The van der Waals surface area contributed by atoms with Crippen molar-refractivity contribution in [3.8, 4) is 0 Å². The van der Waals surface area contributed by atoms with Crippen molar-refractivity contribution in [2.75, 3.05) is 6.54 Å². The predicted octanol–water partition coefficient (Wildman–Crippen LogP) is 3.78. The van der Waals surface area contributed by atoms with Crippen LogP contribution in [0.4, 0.5) is 0 Å². The third-order valence-corrected chi connectivity index (χ3v) is 4.72. The molecule has 0 bridgehead atoms. The number of rotatable bonds is 2. The van der Waals surface area contributed by atoms with Crippen molar-refractivity contribution in [1.29, 1.82) is 0 Å². The van der Waals surface area contributed by atoms with Crippen LogP contribution in [0.1, 0.15) is 44.6 Å². The summed E-state index contributed by atoms with van der Waals surface area (Å²) in [5, 5.41) is 0. The van der Waals surface area contributed by atoms with Crippen molar-refractivity contribution in [2.24, 2.45) is 11.8 Å². The van der Waals surface area contributed by atoms with Gasteiger partial charge >= 0.3 is 0 Å². The van der Waals surface area contributed by atoms with Gasteiger partial charge in [0.2, 0.25) is 0 Å². The summed E-state index contributed by atoms with van der Waals surface area (Å²) in [5.74, 6) is 1.32. The lowest BCUT2D eigenvalue weighted by Crippen LogP contribution is -2.49. The largest absolute Gasteiger partial charge is 0.343 e. The van der Waals surface area contributed by atoms with Gasteiger partial charge in [0.1, 0.15) is 5.69 Å². The maximum absolute atomic E-state index is 12.8. The molecule has 1 fully saturated rings. The molecule has 1 aromatic rings. The number of carbonyl (C=O) groups excluding carboxylic acids is 1. The first-order chi connectivity index (χ1) is 8.93. The normalized spacial score (nSPS) is 27.6. The van der Waals surface area contributed by atoms with Crippen molar-refractivity contribution < 1.29 is 4.79 Å². The zero-order chi connectivity index (χ0) is 14.2. The van der Waals surface area contributed by atoms with Gasteiger partial charge in [0, 0.05) is 29.8 Å². The molecule has 1 saturated heterocycles. The second-order valence-electron chi connectivity index (χ2n) is 5.85. The molecule has 0 radical (unpaired) electrons. The Morgan fingerprint density at radius 2 is 2.11 bits per heavy atom. The number of carbonyl (C=O) groups is 1. The first kappa shape index (κ1) is 14.6. The molecule has 4 heteroatoms. The van der Waals surface area contributed by atoms with Gasteiger partial charge in [-0.2, -0.15) is 0 Å². The fourth-order valence-electron chi connectivity index (χ4n) is 3.05. The minimum absolute atomic E-state index is 0.165. The number of halogens is 1. The molecule has 0 N–H and O–H groups in total. The quantitative estimate of drug-likeness (QED) is 0.811. The van der Waals surface area contributed by atoms with E-state index >= 15 is 0 Å². The molecular weight excluding hydrogens is 304 g/mol. The van der Waals surface area contributed by atoms with Crippen LogP contribution in [0.3, 0.4) is 0 Å². The molecule has 0 aliphatic carbocycles. The molecule has 3 atom stereocenters. The number of likely N-dealkylation sites (tertiary alicyclic amines) is 1. The summed E-state index contributed by atoms with van der Waals surface area (Å²) in [6, 6.07) is 2.25. The summed E-state index contributed by atoms with van der Waals surface area (Å²) in [6.07, 6.45) is 3.19. The van der Waals surface area contributed by atoms with Gasteiger partial charge in [0.25, 0.3) is 5.91 Å². The number of amides is 1. The summed E-state index contributed by atoms with van der Waals surface area (Å²) in [4.78, 5) is 14.8. The van der Waals surface area contributed by atoms with Crippen molar-refractivity contribution in [3.05, 3.63) is 22.4 Å². The molecule has 0 aromatic carbocycles. The van der Waals surface area contributed by atoms with Gasteiger partial charge in [-0.3, -0.25) is 4.79 Å². The Bertz CT molecular complexity index is 469. The summed E-state index contributed by atoms with van der Waals surface area (Å²) in [6.45, 7) is 10.4. The lowest BCUT2D eigenvalue weighted by molar-refractivity contribution is 0.0445. The van der Waals surface area contributed by atoms with Gasteiger partial charge in [-0.1, -0.05) is 13.8 Å². The second-order valence-corrected chi connectivity index (χ2v) is 6.76. The van der Waals surface area contributed by atoms with E-state index in [1.165, 1.54) is 6.42 Å². The zero-order valence-electron chi connectivity index (χ0n) is 12.2. The molecule has 1 aromatic heterocycles. The molecule has 19 heavy (non-hydrogen) atoms. The van der Waals surface area contributed by atoms with Crippen molar-refractivity contribution >= 4 is 21.8 Å². The fraction of sp³-hybridized carbons (Fsp3) is 0.667. The van der Waals surface area contributed by atoms with Gasteiger partial charge in [0.15, 0.2) is 0 Å². The highest BCUT2D eigenvalue weighted by molar-refractivity contribution is 9.10. The highest BCUT2D eigenvalue weighted by atomic mass is 79.9. The third-order valence-electron chi connectivity index (χ3n) is 4.28. The van der Waals surface area contributed by atoms with E-state index in [2.05, 4.69) is 43.6 Å². The van der Waals surface area contributed by atoms with Crippen molar-refractivity contribution in [2.45, 2.75) is 46.7 Å². The first-order valence-electron chi connectivity index (χ1n) is 7.10. The summed E-state index contributed by atoms with van der Waals surface area (Å²) >= 11 is 3.46. The minimum atomic E-state index is 0.165. The summed E-state index contributed by atoms with van der Waals surface area (Å²) in [5.41, 5.74) is 0.794. The first-order valence-corrected chi connectivity index (χ1v) is 7.90. The number of hydrogen-bond acceptors (Lipinski definition) is 1. The van der Waals surface area contributed by atoms with Crippen LogP contribution in [0.2, 0.25) is 0 Å². The van der Waals surface area contributed by atoms with Crippen molar-refractivity contribution in [3.63, 3.8) is 0 Å². The standard InChI is InChI=1S/C15H23BrN2O/c1-5-17-9-13(16)7-14(17)15(19)18-8-10(2)6-11(3)12(18)4/h7,9-12H,5-6,8H2,1-4H3. The maximum atomic E-state index is 12.8. The Balaban J connectivity index is 2.27. The van der Waals surface area contributed by atoms with Gasteiger partial charge in [-0.15, -0.1) is 0 Å². The van der Waals surface area contributed by atoms with E-state index in [1.54, 1.807) is 0 Å². The van der Waals surface area contributed by atoms with Gasteiger partial charge < -0.3 is 9.47 Å². The Morgan fingerprint density at radius 1 is 1.42 bits per heavy atom. The molecule has 1 amide bonds. The van der Waals surface area contributed by atoms with Gasteiger partial charge in [0.05, 0.1) is 0 Å². The molecule has 2 heterocycles. The monoisotopic (exact) mass is 326 g/mol. The molecule has 106 valence electrons. The topological polar surface area (TPSA) is 25.2 Å². The zero-order valence-corrected chi connectivity index (χ0v) is 13.8. The van der Waals surface area contributed by atoms with E-state index < -0.39 is 0 Å². The van der Waals surface area contributed by atoms with E-state index in [1.807, 2.05) is 21.7 Å². The van der Waals surface area contributed by atoms with Crippen LogP contribution < -0.4 is 0 Å². The van der Waals surface area contributed by atoms with E-state index in [-0.39, 0.29) is 5.91 Å². The highest BCUT2D eigenvalue weighted by Gasteiger charge is 2.33.